The minimum absolute atomic E-state index is 0.511. The molecule has 2 N–H and O–H groups in total. The van der Waals surface area contributed by atoms with Crippen LogP contribution >= 0.6 is 0 Å². The Morgan fingerprint density at radius 2 is 2.00 bits per heavy atom. The molecule has 11 heteroatoms. The molecule has 18 heavy (non-hydrogen) atoms. The molecule has 1 heterocycles. The van der Waals surface area contributed by atoms with Crippen molar-refractivity contribution in [3.8, 4) is 0 Å². The van der Waals surface area contributed by atoms with Crippen LogP contribution in [-0.4, -0.2) is 37.6 Å². The van der Waals surface area contributed by atoms with Crippen molar-refractivity contribution in [3.63, 3.8) is 0 Å². The third-order valence-corrected chi connectivity index (χ3v) is 2.06. The Morgan fingerprint density at radius 1 is 1.50 bits per heavy atom. The molecule has 0 spiro atoms. The van der Waals surface area contributed by atoms with E-state index in [1.165, 1.54) is 6.54 Å². The molecule has 0 aliphatic heterocycles. The quantitative estimate of drug-likeness (QED) is 0.282. The molecule has 0 atom stereocenters. The number of nitrogens with zero attached hydrogens (tertiary/aromatic N) is 2. The van der Waals surface area contributed by atoms with E-state index in [1.807, 2.05) is 7.05 Å². The zero-order chi connectivity index (χ0) is 14.4. The number of halogens is 3. The van der Waals surface area contributed by atoms with E-state index in [0.717, 1.165) is 6.54 Å². The molecular formula is C7H15BF3N3O3S. The summed E-state index contributed by atoms with van der Waals surface area (Å²) in [5.41, 5.74) is -5.65. The van der Waals surface area contributed by atoms with Crippen LogP contribution < -0.4 is 9.79 Å². The number of aromatic nitrogens is 2. The first-order chi connectivity index (χ1) is 8.08. The lowest BCUT2D eigenvalue weighted by molar-refractivity contribution is -0.671. The molecule has 0 fully saturated rings. The van der Waals surface area contributed by atoms with Crippen LogP contribution in [-0.2, 0) is 23.7 Å². The average Bonchev–Trinajstić information content (AvgIpc) is 2.59. The van der Waals surface area contributed by atoms with Crippen molar-refractivity contribution in [2.24, 2.45) is 7.05 Å². The lowest BCUT2D eigenvalue weighted by atomic mass is 10.4. The molecule has 0 aliphatic carbocycles. The zero-order valence-corrected chi connectivity index (χ0v) is 9.70. The summed E-state index contributed by atoms with van der Waals surface area (Å²) in [5.74, 6) is 0. The Morgan fingerprint density at radius 3 is 2.28 bits per heavy atom. The minimum Gasteiger partial charge on any atom is -0.741 e. The normalized spacial score (nSPS) is 11.9. The van der Waals surface area contributed by atoms with Gasteiger partial charge in [-0.3, -0.25) is 0 Å². The average molecular weight is 289 g/mol. The number of quaternary nitrogens is 1. The molecule has 106 valence electrons. The van der Waals surface area contributed by atoms with Gasteiger partial charge >= 0.3 is 5.51 Å². The minimum atomic E-state index is -6.09. The molecule has 0 aromatic carbocycles. The summed E-state index contributed by atoms with van der Waals surface area (Å²) in [6, 6.07) is 0. The van der Waals surface area contributed by atoms with E-state index in [1.54, 1.807) is 0 Å². The second-order valence-electron chi connectivity index (χ2n) is 3.01. The summed E-state index contributed by atoms with van der Waals surface area (Å²) in [6.45, 7) is 2.42. The van der Waals surface area contributed by atoms with Gasteiger partial charge in [0.05, 0.1) is 13.6 Å². The van der Waals surface area contributed by atoms with E-state index in [4.69, 9.17) is 13.0 Å². The van der Waals surface area contributed by atoms with Crippen molar-refractivity contribution in [2.75, 3.05) is 6.54 Å². The van der Waals surface area contributed by atoms with Gasteiger partial charge in [0, 0.05) is 0 Å². The summed E-state index contributed by atoms with van der Waals surface area (Å²) >= 11 is 0. The van der Waals surface area contributed by atoms with Crippen LogP contribution in [0, 0.1) is 0 Å². The van der Waals surface area contributed by atoms with Crippen LogP contribution in [0.4, 0.5) is 13.2 Å². The summed E-state index contributed by atoms with van der Waals surface area (Å²) < 4.78 is 63.2. The number of nitrogens with two attached hydrogens (primary N) is 1. The molecule has 0 radical (unpaired) electrons. The number of alkyl halides is 3. The summed E-state index contributed by atoms with van der Waals surface area (Å²) in [4.78, 5) is 0. The second kappa shape index (κ2) is 6.76. The van der Waals surface area contributed by atoms with Crippen molar-refractivity contribution in [1.29, 1.82) is 0 Å². The maximum absolute atomic E-state index is 10.7. The van der Waals surface area contributed by atoms with E-state index in [2.05, 4.69) is 33.1 Å². The highest BCUT2D eigenvalue weighted by Gasteiger charge is 2.36. The first kappa shape index (κ1) is 16.9. The molecule has 0 bridgehead atoms. The van der Waals surface area contributed by atoms with Gasteiger partial charge in [0.2, 0.25) is 6.33 Å². The maximum Gasteiger partial charge on any atom is 0.485 e. The molecular weight excluding hydrogens is 274 g/mol. The van der Waals surface area contributed by atoms with Crippen LogP contribution in [0.15, 0.2) is 18.7 Å². The number of rotatable bonds is 3. The van der Waals surface area contributed by atoms with E-state index in [0.29, 0.717) is 7.98 Å². The SMILES string of the molecule is O=S(=O)([O-])C(F)(F)F.[BH3-][NH2+]CCn1cc[n+](C)c1. The number of aryl methyl sites for hydroxylation is 1. The van der Waals surface area contributed by atoms with E-state index in [9.17, 15) is 13.2 Å². The van der Waals surface area contributed by atoms with Crippen LogP contribution in [0.25, 0.3) is 0 Å². The highest BCUT2D eigenvalue weighted by Crippen LogP contribution is 2.20. The Balaban J connectivity index is 0.000000331. The maximum atomic E-state index is 10.7. The Bertz CT molecular complexity index is 460. The Labute approximate surface area is 104 Å². The molecule has 0 saturated carbocycles. The van der Waals surface area contributed by atoms with Gasteiger partial charge in [-0.1, -0.05) is 0 Å². The standard InChI is InChI=1S/C6H15BN3.CHF3O3S/c1-9-4-5-10(6-9)3-2-8-7;2-1(3,4)8(5,6)7/h4-6H,2-3,8H2,1,7H3;(H,5,6,7)/q+1;/p-1. The zero-order valence-electron chi connectivity index (χ0n) is 8.88. The van der Waals surface area contributed by atoms with Crippen molar-refractivity contribution in [3.05, 3.63) is 18.7 Å². The smallest absolute Gasteiger partial charge is 0.485 e. The van der Waals surface area contributed by atoms with Crippen LogP contribution in [0.2, 0.25) is 0 Å². The van der Waals surface area contributed by atoms with Gasteiger partial charge in [0.25, 0.3) is 0 Å². The van der Waals surface area contributed by atoms with E-state index in [-0.39, 0.29) is 0 Å². The molecule has 1 aromatic heterocycles. The highest BCUT2D eigenvalue weighted by molar-refractivity contribution is 7.86. The van der Waals surface area contributed by atoms with Gasteiger partial charge in [-0.05, 0) is 0 Å². The molecule has 0 aliphatic rings. The topological polar surface area (TPSA) is 82.6 Å². The van der Waals surface area contributed by atoms with Crippen molar-refractivity contribution < 1.29 is 35.9 Å². The molecule has 0 unspecified atom stereocenters. The largest absolute Gasteiger partial charge is 0.741 e. The molecule has 0 saturated heterocycles. The number of hydrogen-bond donors (Lipinski definition) is 1. The highest BCUT2D eigenvalue weighted by atomic mass is 32.2. The molecule has 1 aromatic rings. The van der Waals surface area contributed by atoms with Gasteiger partial charge in [-0.15, -0.1) is 0 Å². The first-order valence-corrected chi connectivity index (χ1v) is 5.72. The summed E-state index contributed by atoms with van der Waals surface area (Å²) in [6.07, 6.45) is 6.30. The van der Waals surface area contributed by atoms with Gasteiger partial charge in [-0.2, -0.15) is 13.2 Å². The van der Waals surface area contributed by atoms with Crippen LogP contribution in [0.5, 0.6) is 0 Å². The van der Waals surface area contributed by atoms with Crippen LogP contribution in [0.1, 0.15) is 0 Å². The van der Waals surface area contributed by atoms with Crippen molar-refractivity contribution >= 4 is 18.1 Å². The fourth-order valence-corrected chi connectivity index (χ4v) is 0.783. The van der Waals surface area contributed by atoms with Gasteiger partial charge < -0.3 is 9.78 Å². The van der Waals surface area contributed by atoms with Gasteiger partial charge in [0.1, 0.15) is 18.9 Å². The molecule has 6 nitrogen and oxygen atoms in total. The van der Waals surface area contributed by atoms with E-state index < -0.39 is 15.6 Å². The predicted molar refractivity (Wildman–Crippen MR) is 58.1 cm³/mol. The predicted octanol–water partition coefficient (Wildman–Crippen LogP) is -2.79. The lowest BCUT2D eigenvalue weighted by Gasteiger charge is -2.08. The lowest BCUT2D eigenvalue weighted by Crippen LogP contribution is -2.82. The summed E-state index contributed by atoms with van der Waals surface area (Å²) in [7, 11) is -3.53. The molecule has 0 amide bonds. The van der Waals surface area contributed by atoms with Crippen molar-refractivity contribution in [2.45, 2.75) is 12.1 Å². The second-order valence-corrected chi connectivity index (χ2v) is 4.38. The van der Waals surface area contributed by atoms with Gasteiger partial charge in [0.15, 0.2) is 18.1 Å². The third-order valence-electron chi connectivity index (χ3n) is 1.49. The molecule has 1 rings (SSSR count). The first-order valence-electron chi connectivity index (χ1n) is 4.31. The Kier molecular flexibility index (Phi) is 6.36. The van der Waals surface area contributed by atoms with Crippen molar-refractivity contribution in [1.82, 2.24) is 4.57 Å². The van der Waals surface area contributed by atoms with E-state index >= 15 is 0 Å². The Hall–Kier alpha value is -1.07. The summed E-state index contributed by atoms with van der Waals surface area (Å²) in [5, 5.41) is 2.43. The third kappa shape index (κ3) is 6.62. The number of imidazole rings is 1. The van der Waals surface area contributed by atoms with Gasteiger partial charge in [-0.25, -0.2) is 17.6 Å². The fraction of sp³-hybridized carbons (Fsp3) is 0.571. The fourth-order valence-electron chi connectivity index (χ4n) is 0.783. The number of hydrogen-bond acceptors (Lipinski definition) is 3. The monoisotopic (exact) mass is 289 g/mol. The van der Waals surface area contributed by atoms with Crippen LogP contribution in [0.3, 0.4) is 0 Å².